The average molecular weight is 347 g/mol. The number of nitrogens with zero attached hydrogens (tertiary/aromatic N) is 1. The average Bonchev–Trinajstić information content (AvgIpc) is 3.01. The van der Waals surface area contributed by atoms with E-state index in [1.807, 2.05) is 42.6 Å². The molecular weight excluding hydrogens is 326 g/mol. The number of hydrogen-bond donors (Lipinski definition) is 2. The predicted octanol–water partition coefficient (Wildman–Crippen LogP) is 0.595. The molecule has 0 aliphatic carbocycles. The molecule has 4 amide bonds. The molecule has 1 aromatic rings. The van der Waals surface area contributed by atoms with Crippen LogP contribution in [0.1, 0.15) is 24.9 Å². The monoisotopic (exact) mass is 347 g/mol. The second-order valence-electron chi connectivity index (χ2n) is 5.77. The van der Waals surface area contributed by atoms with Crippen molar-refractivity contribution < 1.29 is 23.9 Å². The molecule has 2 atom stereocenters. The summed E-state index contributed by atoms with van der Waals surface area (Å²) in [5, 5.41) is 4.20. The normalized spacial score (nSPS) is 17.8. The summed E-state index contributed by atoms with van der Waals surface area (Å²) in [5.74, 6) is -2.10. The minimum atomic E-state index is -0.730. The highest BCUT2D eigenvalue weighted by atomic mass is 16.5. The Bertz CT molecular complexity index is 662. The zero-order chi connectivity index (χ0) is 18.4. The SMILES string of the molecule is CNC(=O)NC(=O)COC(=O)[C@H]1CC(=O)N([C@@H](C)c2ccccc2)C1. The van der Waals surface area contributed by atoms with Crippen LogP contribution in [0.3, 0.4) is 0 Å². The zero-order valence-electron chi connectivity index (χ0n) is 14.2. The fourth-order valence-electron chi connectivity index (χ4n) is 2.66. The highest BCUT2D eigenvalue weighted by Crippen LogP contribution is 2.28. The van der Waals surface area contributed by atoms with Crippen molar-refractivity contribution in [3.05, 3.63) is 35.9 Å². The summed E-state index contributed by atoms with van der Waals surface area (Å²) in [6.07, 6.45) is 0.0487. The molecule has 1 aliphatic rings. The summed E-state index contributed by atoms with van der Waals surface area (Å²) in [6.45, 7) is 1.58. The summed E-state index contributed by atoms with van der Waals surface area (Å²) < 4.78 is 4.91. The molecule has 1 heterocycles. The topological polar surface area (TPSA) is 105 Å². The highest BCUT2D eigenvalue weighted by molar-refractivity contribution is 5.95. The molecule has 134 valence electrons. The summed E-state index contributed by atoms with van der Waals surface area (Å²) >= 11 is 0. The molecule has 1 fully saturated rings. The second kappa shape index (κ2) is 8.27. The maximum Gasteiger partial charge on any atom is 0.321 e. The number of benzene rings is 1. The number of carbonyl (C=O) groups excluding carboxylic acids is 4. The molecule has 8 heteroatoms. The van der Waals surface area contributed by atoms with Gasteiger partial charge in [0.1, 0.15) is 0 Å². The van der Waals surface area contributed by atoms with Crippen LogP contribution < -0.4 is 10.6 Å². The van der Waals surface area contributed by atoms with Crippen molar-refractivity contribution in [3.8, 4) is 0 Å². The van der Waals surface area contributed by atoms with Gasteiger partial charge in [-0.25, -0.2) is 4.79 Å². The Balaban J connectivity index is 1.88. The summed E-state index contributed by atoms with van der Waals surface area (Å²) in [5.41, 5.74) is 0.981. The van der Waals surface area contributed by atoms with E-state index >= 15 is 0 Å². The summed E-state index contributed by atoms with van der Waals surface area (Å²) in [7, 11) is 1.36. The molecule has 0 spiro atoms. The first-order valence-corrected chi connectivity index (χ1v) is 7.95. The van der Waals surface area contributed by atoms with Gasteiger partial charge in [-0.05, 0) is 12.5 Å². The fraction of sp³-hybridized carbons (Fsp3) is 0.412. The number of carbonyl (C=O) groups is 4. The largest absolute Gasteiger partial charge is 0.455 e. The molecule has 0 bridgehead atoms. The van der Waals surface area contributed by atoms with Gasteiger partial charge in [0.15, 0.2) is 6.61 Å². The molecule has 2 rings (SSSR count). The summed E-state index contributed by atoms with van der Waals surface area (Å²) in [4.78, 5) is 48.3. The third-order valence-corrected chi connectivity index (χ3v) is 4.07. The number of nitrogens with one attached hydrogen (secondary N) is 2. The number of amides is 4. The first-order valence-electron chi connectivity index (χ1n) is 7.95. The van der Waals surface area contributed by atoms with Crippen LogP contribution in [0.25, 0.3) is 0 Å². The smallest absolute Gasteiger partial charge is 0.321 e. The maximum atomic E-state index is 12.2. The van der Waals surface area contributed by atoms with Gasteiger partial charge in [0.05, 0.1) is 12.0 Å². The van der Waals surface area contributed by atoms with E-state index in [0.29, 0.717) is 0 Å². The van der Waals surface area contributed by atoms with E-state index in [1.54, 1.807) is 4.90 Å². The van der Waals surface area contributed by atoms with Crippen LogP contribution in [0, 0.1) is 5.92 Å². The molecule has 1 aliphatic heterocycles. The molecule has 1 saturated heterocycles. The van der Waals surface area contributed by atoms with Gasteiger partial charge in [0.2, 0.25) is 5.91 Å². The molecule has 0 saturated carbocycles. The second-order valence-corrected chi connectivity index (χ2v) is 5.77. The lowest BCUT2D eigenvalue weighted by Gasteiger charge is -2.25. The van der Waals surface area contributed by atoms with Crippen molar-refractivity contribution in [3.63, 3.8) is 0 Å². The number of ether oxygens (including phenoxy) is 1. The van der Waals surface area contributed by atoms with Gasteiger partial charge >= 0.3 is 12.0 Å². The standard InChI is InChI=1S/C17H21N3O5/c1-11(12-6-4-3-5-7-12)20-9-13(8-15(20)22)16(23)25-10-14(21)19-17(24)18-2/h3-7,11,13H,8-10H2,1-2H3,(H2,18,19,21,24)/t11-,13-/m0/s1. The van der Waals surface area contributed by atoms with E-state index < -0.39 is 30.4 Å². The van der Waals surface area contributed by atoms with Gasteiger partial charge in [0.25, 0.3) is 5.91 Å². The molecule has 0 radical (unpaired) electrons. The Morgan fingerprint density at radius 1 is 1.28 bits per heavy atom. The van der Waals surface area contributed by atoms with E-state index in [9.17, 15) is 19.2 Å². The van der Waals surface area contributed by atoms with Crippen molar-refractivity contribution in [1.82, 2.24) is 15.5 Å². The predicted molar refractivity (Wildman–Crippen MR) is 88.2 cm³/mol. The van der Waals surface area contributed by atoms with Crippen molar-refractivity contribution in [1.29, 1.82) is 0 Å². The van der Waals surface area contributed by atoms with Crippen LogP contribution in [0.5, 0.6) is 0 Å². The van der Waals surface area contributed by atoms with E-state index in [2.05, 4.69) is 5.32 Å². The van der Waals surface area contributed by atoms with Crippen LogP contribution >= 0.6 is 0 Å². The first-order chi connectivity index (χ1) is 11.9. The molecular formula is C17H21N3O5. The van der Waals surface area contributed by atoms with Gasteiger partial charge in [-0.15, -0.1) is 0 Å². The number of urea groups is 1. The molecule has 25 heavy (non-hydrogen) atoms. The lowest BCUT2D eigenvalue weighted by molar-refractivity contribution is -0.152. The quantitative estimate of drug-likeness (QED) is 0.759. The maximum absolute atomic E-state index is 12.2. The Hall–Kier alpha value is -2.90. The van der Waals surface area contributed by atoms with E-state index in [1.165, 1.54) is 7.05 Å². The summed E-state index contributed by atoms with van der Waals surface area (Å²) in [6, 6.07) is 8.70. The van der Waals surface area contributed by atoms with Crippen molar-refractivity contribution >= 4 is 23.8 Å². The van der Waals surface area contributed by atoms with Crippen molar-refractivity contribution in [2.45, 2.75) is 19.4 Å². The van der Waals surface area contributed by atoms with Crippen molar-refractivity contribution in [2.75, 3.05) is 20.2 Å². The van der Waals surface area contributed by atoms with E-state index in [4.69, 9.17) is 4.74 Å². The number of likely N-dealkylation sites (tertiary alicyclic amines) is 1. The Labute approximate surface area is 145 Å². The Kier molecular flexibility index (Phi) is 6.10. The van der Waals surface area contributed by atoms with E-state index in [-0.39, 0.29) is 24.9 Å². The van der Waals surface area contributed by atoms with Crippen LogP contribution in [0.2, 0.25) is 0 Å². The van der Waals surface area contributed by atoms with Crippen LogP contribution in [-0.4, -0.2) is 48.9 Å². The minimum Gasteiger partial charge on any atom is -0.455 e. The lowest BCUT2D eigenvalue weighted by Crippen LogP contribution is -2.40. The number of rotatable bonds is 5. The fourth-order valence-corrected chi connectivity index (χ4v) is 2.66. The van der Waals surface area contributed by atoms with Gasteiger partial charge < -0.3 is 15.0 Å². The molecule has 1 aromatic carbocycles. The highest BCUT2D eigenvalue weighted by Gasteiger charge is 2.38. The number of imide groups is 1. The zero-order valence-corrected chi connectivity index (χ0v) is 14.2. The third kappa shape index (κ3) is 4.79. The Morgan fingerprint density at radius 2 is 1.96 bits per heavy atom. The van der Waals surface area contributed by atoms with Gasteiger partial charge in [-0.2, -0.15) is 0 Å². The Morgan fingerprint density at radius 3 is 2.60 bits per heavy atom. The molecule has 0 unspecified atom stereocenters. The van der Waals surface area contributed by atoms with Crippen LogP contribution in [0.15, 0.2) is 30.3 Å². The van der Waals surface area contributed by atoms with Gasteiger partial charge in [-0.1, -0.05) is 30.3 Å². The lowest BCUT2D eigenvalue weighted by atomic mass is 10.1. The first kappa shape index (κ1) is 18.4. The molecule has 0 aromatic heterocycles. The van der Waals surface area contributed by atoms with Crippen LogP contribution in [-0.2, 0) is 19.1 Å². The van der Waals surface area contributed by atoms with Gasteiger partial charge in [-0.3, -0.25) is 19.7 Å². The van der Waals surface area contributed by atoms with Gasteiger partial charge in [0, 0.05) is 20.0 Å². The minimum absolute atomic E-state index is 0.0487. The van der Waals surface area contributed by atoms with Crippen LogP contribution in [0.4, 0.5) is 4.79 Å². The van der Waals surface area contributed by atoms with Crippen molar-refractivity contribution in [2.24, 2.45) is 5.92 Å². The molecule has 2 N–H and O–H groups in total. The number of esters is 1. The van der Waals surface area contributed by atoms with E-state index in [0.717, 1.165) is 5.56 Å². The number of hydrogen-bond acceptors (Lipinski definition) is 5. The molecule has 8 nitrogen and oxygen atoms in total. The third-order valence-electron chi connectivity index (χ3n) is 4.07.